The van der Waals surface area contributed by atoms with Gasteiger partial charge in [0.2, 0.25) is 0 Å². The molecule has 0 aliphatic carbocycles. The molecule has 1 unspecified atom stereocenters. The van der Waals surface area contributed by atoms with Gasteiger partial charge in [-0.3, -0.25) is 0 Å². The van der Waals surface area contributed by atoms with Gasteiger partial charge in [0.15, 0.2) is 0 Å². The third-order valence-corrected chi connectivity index (χ3v) is 5.13. The summed E-state index contributed by atoms with van der Waals surface area (Å²) >= 11 is 0. The molecule has 23 heavy (non-hydrogen) atoms. The minimum Gasteiger partial charge on any atom is -0.337 e. The van der Waals surface area contributed by atoms with E-state index in [-0.39, 0.29) is 0 Å². The second-order valence-electron chi connectivity index (χ2n) is 7.76. The van der Waals surface area contributed by atoms with E-state index in [2.05, 4.69) is 20.9 Å². The zero-order valence-electron chi connectivity index (χ0n) is 16.9. The molecule has 0 amide bonds. The van der Waals surface area contributed by atoms with Crippen LogP contribution in [0.15, 0.2) is 0 Å². The summed E-state index contributed by atoms with van der Waals surface area (Å²) < 4.78 is 0. The van der Waals surface area contributed by atoms with Crippen LogP contribution in [0.4, 0.5) is 0 Å². The highest BCUT2D eigenvalue weighted by Crippen LogP contribution is 2.13. The molecule has 0 aromatic carbocycles. The zero-order valence-corrected chi connectivity index (χ0v) is 16.9. The van der Waals surface area contributed by atoms with Gasteiger partial charge in [0.05, 0.1) is 20.1 Å². The third kappa shape index (κ3) is 19.9. The van der Waals surface area contributed by atoms with Gasteiger partial charge in [0.1, 0.15) is 0 Å². The van der Waals surface area contributed by atoms with Crippen molar-refractivity contribution in [2.75, 3.05) is 20.1 Å². The van der Waals surface area contributed by atoms with Crippen molar-refractivity contribution >= 4 is 0 Å². The van der Waals surface area contributed by atoms with Crippen molar-refractivity contribution in [1.82, 2.24) is 0 Å². The summed E-state index contributed by atoms with van der Waals surface area (Å²) in [5, 5.41) is 0. The van der Waals surface area contributed by atoms with Crippen LogP contribution in [-0.4, -0.2) is 20.1 Å². The lowest BCUT2D eigenvalue weighted by Gasteiger charge is -2.12. The zero-order chi connectivity index (χ0) is 17.0. The minimum absolute atomic E-state index is 1.32. The Morgan fingerprint density at radius 3 is 1.09 bits per heavy atom. The molecule has 1 nitrogen and oxygen atoms in total. The predicted molar refractivity (Wildman–Crippen MR) is 106 cm³/mol. The van der Waals surface area contributed by atoms with Crippen molar-refractivity contribution in [3.8, 4) is 0 Å². The van der Waals surface area contributed by atoms with Gasteiger partial charge in [-0.2, -0.15) is 0 Å². The van der Waals surface area contributed by atoms with Crippen LogP contribution in [0.5, 0.6) is 0 Å². The first-order valence-electron chi connectivity index (χ1n) is 11.1. The molecular formula is C22H48N+. The highest BCUT2D eigenvalue weighted by Gasteiger charge is 1.99. The normalized spacial score (nSPS) is 12.7. The van der Waals surface area contributed by atoms with Crippen molar-refractivity contribution in [3.63, 3.8) is 0 Å². The topological polar surface area (TPSA) is 4.44 Å². The molecule has 0 rings (SSSR count). The van der Waals surface area contributed by atoms with E-state index < -0.39 is 0 Å². The van der Waals surface area contributed by atoms with Crippen LogP contribution in [0.25, 0.3) is 0 Å². The van der Waals surface area contributed by atoms with Crippen molar-refractivity contribution in [2.24, 2.45) is 0 Å². The maximum atomic E-state index is 2.34. The Bertz CT molecular complexity index is 202. The minimum atomic E-state index is 1.32. The van der Waals surface area contributed by atoms with Gasteiger partial charge in [0, 0.05) is 0 Å². The van der Waals surface area contributed by atoms with Gasteiger partial charge < -0.3 is 4.90 Å². The lowest BCUT2D eigenvalue weighted by atomic mass is 10.0. The van der Waals surface area contributed by atoms with E-state index in [1.807, 2.05) is 0 Å². The molecule has 0 aliphatic rings. The van der Waals surface area contributed by atoms with Gasteiger partial charge in [-0.05, 0) is 19.3 Å². The van der Waals surface area contributed by atoms with Crippen LogP contribution in [0, 0.1) is 0 Å². The molecule has 0 saturated heterocycles. The third-order valence-electron chi connectivity index (χ3n) is 5.13. The molecule has 0 fully saturated rings. The van der Waals surface area contributed by atoms with Gasteiger partial charge >= 0.3 is 0 Å². The Labute approximate surface area is 148 Å². The van der Waals surface area contributed by atoms with Crippen LogP contribution in [0.3, 0.4) is 0 Å². The molecule has 0 bridgehead atoms. The summed E-state index contributed by atoms with van der Waals surface area (Å²) in [5.74, 6) is 0. The van der Waals surface area contributed by atoms with Crippen molar-refractivity contribution in [1.29, 1.82) is 0 Å². The first-order valence-corrected chi connectivity index (χ1v) is 11.1. The molecule has 0 spiro atoms. The lowest BCUT2D eigenvalue weighted by molar-refractivity contribution is -0.879. The van der Waals surface area contributed by atoms with Crippen molar-refractivity contribution in [3.05, 3.63) is 0 Å². The number of rotatable bonds is 19. The van der Waals surface area contributed by atoms with E-state index in [0.29, 0.717) is 0 Å². The average Bonchev–Trinajstić information content (AvgIpc) is 2.54. The number of hydrogen-bond donors (Lipinski definition) is 1. The summed E-state index contributed by atoms with van der Waals surface area (Å²) in [6, 6.07) is 0. The second-order valence-corrected chi connectivity index (χ2v) is 7.76. The molecule has 0 radical (unpaired) electrons. The SMILES string of the molecule is CCCCCCCCCCCCCCCCCC[NH+](C)CCC. The average molecular weight is 327 g/mol. The summed E-state index contributed by atoms with van der Waals surface area (Å²) in [5.41, 5.74) is 0. The largest absolute Gasteiger partial charge is 0.337 e. The Kier molecular flexibility index (Phi) is 20.0. The molecule has 0 saturated carbocycles. The fourth-order valence-electron chi connectivity index (χ4n) is 3.53. The molecular weight excluding hydrogens is 278 g/mol. The Morgan fingerprint density at radius 2 is 0.739 bits per heavy atom. The molecule has 1 N–H and O–H groups in total. The number of quaternary nitrogens is 1. The Morgan fingerprint density at radius 1 is 0.391 bits per heavy atom. The van der Waals surface area contributed by atoms with Crippen LogP contribution in [-0.2, 0) is 0 Å². The first-order chi connectivity index (χ1) is 11.3. The highest BCUT2D eigenvalue weighted by atomic mass is 15.1. The molecule has 0 aliphatic heterocycles. The maximum absolute atomic E-state index is 2.34. The fraction of sp³-hybridized carbons (Fsp3) is 1.00. The maximum Gasteiger partial charge on any atom is 0.0768 e. The lowest BCUT2D eigenvalue weighted by Crippen LogP contribution is -3.08. The summed E-state index contributed by atoms with van der Waals surface area (Å²) in [4.78, 5) is 1.72. The van der Waals surface area contributed by atoms with E-state index in [1.54, 1.807) is 4.90 Å². The van der Waals surface area contributed by atoms with E-state index in [0.717, 1.165) is 0 Å². The second kappa shape index (κ2) is 20.0. The predicted octanol–water partition coefficient (Wildman–Crippen LogP) is 6.17. The van der Waals surface area contributed by atoms with E-state index in [4.69, 9.17) is 0 Å². The van der Waals surface area contributed by atoms with E-state index in [9.17, 15) is 0 Å². The van der Waals surface area contributed by atoms with Gasteiger partial charge in [-0.15, -0.1) is 0 Å². The number of hydrogen-bond acceptors (Lipinski definition) is 0. The fourth-order valence-corrected chi connectivity index (χ4v) is 3.53. The van der Waals surface area contributed by atoms with Gasteiger partial charge in [-0.25, -0.2) is 0 Å². The molecule has 1 heteroatoms. The quantitative estimate of drug-likeness (QED) is 0.271. The number of nitrogens with one attached hydrogen (secondary N) is 1. The molecule has 0 aromatic heterocycles. The molecule has 0 heterocycles. The summed E-state index contributed by atoms with van der Waals surface area (Å²) in [6.45, 7) is 7.31. The standard InChI is InChI=1S/C22H47N/c1-4-6-7-8-9-10-11-12-13-14-15-16-17-18-19-20-22-23(3)21-5-2/h4-22H2,1-3H3/p+1. The highest BCUT2D eigenvalue weighted by molar-refractivity contribution is 4.49. The van der Waals surface area contributed by atoms with Crippen LogP contribution >= 0.6 is 0 Å². The summed E-state index contributed by atoms with van der Waals surface area (Å²) in [6.07, 6.45) is 24.8. The Hall–Kier alpha value is -0.0400. The van der Waals surface area contributed by atoms with Gasteiger partial charge in [-0.1, -0.05) is 104 Å². The monoisotopic (exact) mass is 326 g/mol. The van der Waals surface area contributed by atoms with Crippen LogP contribution in [0.2, 0.25) is 0 Å². The van der Waals surface area contributed by atoms with Crippen LogP contribution in [0.1, 0.15) is 123 Å². The van der Waals surface area contributed by atoms with E-state index in [1.165, 1.54) is 122 Å². The van der Waals surface area contributed by atoms with Gasteiger partial charge in [0.25, 0.3) is 0 Å². The van der Waals surface area contributed by atoms with E-state index >= 15 is 0 Å². The Balaban J connectivity index is 3.00. The molecule has 140 valence electrons. The first kappa shape index (κ1) is 23.0. The molecule has 0 aromatic rings. The van der Waals surface area contributed by atoms with Crippen LogP contribution < -0.4 is 4.90 Å². The smallest absolute Gasteiger partial charge is 0.0768 e. The summed E-state index contributed by atoms with van der Waals surface area (Å²) in [7, 11) is 2.34. The molecule has 1 atom stereocenters. The number of unbranched alkanes of at least 4 members (excludes halogenated alkanes) is 15. The van der Waals surface area contributed by atoms with Crippen molar-refractivity contribution in [2.45, 2.75) is 123 Å². The van der Waals surface area contributed by atoms with Crippen molar-refractivity contribution < 1.29 is 4.90 Å².